The molecule has 0 radical (unpaired) electrons. The highest BCUT2D eigenvalue weighted by molar-refractivity contribution is 6.83. The summed E-state index contributed by atoms with van der Waals surface area (Å²) in [5.74, 6) is 1.57. The first-order valence-electron chi connectivity index (χ1n) is 5.36. The van der Waals surface area contributed by atoms with Crippen molar-refractivity contribution in [3.63, 3.8) is 0 Å². The summed E-state index contributed by atoms with van der Waals surface area (Å²) in [6.07, 6.45) is 3.21. The lowest BCUT2D eigenvalue weighted by Crippen LogP contribution is -1.88. The SMILES string of the molecule is Cc1nccc(Cl)n1.ClC(Cl)(Cl)Cl.ClCc1nccc(Cl)n1. The van der Waals surface area contributed by atoms with E-state index in [1.807, 2.05) is 0 Å². The zero-order chi connectivity index (χ0) is 17.2. The van der Waals surface area contributed by atoms with Gasteiger partial charge in [-0.2, -0.15) is 0 Å². The summed E-state index contributed by atoms with van der Waals surface area (Å²) in [5.41, 5.74) is 0. The van der Waals surface area contributed by atoms with Gasteiger partial charge in [-0.25, -0.2) is 19.9 Å². The van der Waals surface area contributed by atoms with Crippen LogP contribution < -0.4 is 0 Å². The number of hydrogen-bond donors (Lipinski definition) is 0. The van der Waals surface area contributed by atoms with Crippen molar-refractivity contribution >= 4 is 81.2 Å². The zero-order valence-electron chi connectivity index (χ0n) is 11.0. The van der Waals surface area contributed by atoms with E-state index in [4.69, 9.17) is 81.2 Å². The quantitative estimate of drug-likeness (QED) is 0.408. The minimum absolute atomic E-state index is 0.306. The summed E-state index contributed by atoms with van der Waals surface area (Å²) in [6, 6.07) is 3.26. The molecule has 0 aromatic carbocycles. The third-order valence-electron chi connectivity index (χ3n) is 1.53. The van der Waals surface area contributed by atoms with Gasteiger partial charge in [0.1, 0.15) is 22.0 Å². The van der Waals surface area contributed by atoms with Crippen LogP contribution in [0.4, 0.5) is 0 Å². The number of aryl methyl sites for hydroxylation is 1. The Morgan fingerprint density at radius 2 is 1.36 bits per heavy atom. The van der Waals surface area contributed by atoms with E-state index in [-0.39, 0.29) is 0 Å². The lowest BCUT2D eigenvalue weighted by atomic mass is 10.6. The van der Waals surface area contributed by atoms with Gasteiger partial charge in [-0.05, 0) is 19.1 Å². The van der Waals surface area contributed by atoms with Gasteiger partial charge in [-0.1, -0.05) is 69.6 Å². The molecule has 0 aliphatic heterocycles. The molecule has 0 saturated heterocycles. The van der Waals surface area contributed by atoms with Gasteiger partial charge in [0.15, 0.2) is 0 Å². The number of nitrogens with zero attached hydrogens (tertiary/aromatic N) is 4. The summed E-state index contributed by atoms with van der Waals surface area (Å²) in [7, 11) is 0. The molecule has 0 atom stereocenters. The van der Waals surface area contributed by atoms with Gasteiger partial charge < -0.3 is 0 Å². The van der Waals surface area contributed by atoms with Crippen LogP contribution in [0.3, 0.4) is 0 Å². The van der Waals surface area contributed by atoms with Gasteiger partial charge in [-0.15, -0.1) is 11.6 Å². The summed E-state index contributed by atoms with van der Waals surface area (Å²) < 4.78 is -1.61. The second kappa shape index (κ2) is 11.7. The molecule has 0 bridgehead atoms. The van der Waals surface area contributed by atoms with Crippen LogP contribution in [-0.2, 0) is 5.88 Å². The molecule has 0 aliphatic carbocycles. The van der Waals surface area contributed by atoms with Crippen LogP contribution in [0.25, 0.3) is 0 Å². The average molecular weight is 445 g/mol. The molecule has 0 spiro atoms. The van der Waals surface area contributed by atoms with Gasteiger partial charge >= 0.3 is 0 Å². The molecular formula is C11H9Cl7N4. The van der Waals surface area contributed by atoms with Crippen molar-refractivity contribution in [1.82, 2.24) is 19.9 Å². The number of alkyl halides is 5. The third kappa shape index (κ3) is 15.1. The van der Waals surface area contributed by atoms with E-state index in [9.17, 15) is 0 Å². The molecule has 2 aromatic rings. The predicted molar refractivity (Wildman–Crippen MR) is 94.5 cm³/mol. The molecule has 0 N–H and O–H groups in total. The van der Waals surface area contributed by atoms with E-state index < -0.39 is 3.25 Å². The van der Waals surface area contributed by atoms with Crippen molar-refractivity contribution in [2.45, 2.75) is 16.1 Å². The number of halogens is 7. The molecule has 22 heavy (non-hydrogen) atoms. The second-order valence-electron chi connectivity index (χ2n) is 3.28. The summed E-state index contributed by atoms with van der Waals surface area (Å²) >= 11 is 35.7. The van der Waals surface area contributed by atoms with Gasteiger partial charge in [-0.3, -0.25) is 0 Å². The number of aromatic nitrogens is 4. The smallest absolute Gasteiger partial charge is 0.242 e. The van der Waals surface area contributed by atoms with Gasteiger partial charge in [0.25, 0.3) is 3.25 Å². The highest BCUT2D eigenvalue weighted by Crippen LogP contribution is 2.29. The van der Waals surface area contributed by atoms with E-state index in [2.05, 4.69) is 19.9 Å². The predicted octanol–water partition coefficient (Wildman–Crippen LogP) is 5.86. The van der Waals surface area contributed by atoms with Crippen LogP contribution in [0.5, 0.6) is 0 Å². The molecule has 4 nitrogen and oxygen atoms in total. The molecule has 122 valence electrons. The topological polar surface area (TPSA) is 51.6 Å². The molecule has 2 heterocycles. The monoisotopic (exact) mass is 442 g/mol. The standard InChI is InChI=1S/C5H4Cl2N2.C5H5ClN2.CCl4/c6-3-5-8-2-1-4(7)9-5;1-4-7-3-2-5(6)8-4;2-1(3,4)5/h1-2H,3H2;2-3H,1H3;. The fourth-order valence-corrected chi connectivity index (χ4v) is 1.33. The third-order valence-corrected chi connectivity index (χ3v) is 2.19. The van der Waals surface area contributed by atoms with Gasteiger partial charge in [0.2, 0.25) is 0 Å². The van der Waals surface area contributed by atoms with E-state index in [0.717, 1.165) is 0 Å². The van der Waals surface area contributed by atoms with Crippen molar-refractivity contribution in [3.05, 3.63) is 46.5 Å². The number of hydrogen-bond acceptors (Lipinski definition) is 4. The average Bonchev–Trinajstić information content (AvgIpc) is 2.37. The second-order valence-corrected chi connectivity index (χ2v) is 7.75. The highest BCUT2D eigenvalue weighted by atomic mass is 35.6. The maximum atomic E-state index is 5.51. The van der Waals surface area contributed by atoms with E-state index in [1.54, 1.807) is 31.5 Å². The first kappa shape index (κ1) is 22.2. The van der Waals surface area contributed by atoms with Crippen molar-refractivity contribution in [2.24, 2.45) is 0 Å². The van der Waals surface area contributed by atoms with E-state index in [0.29, 0.717) is 27.8 Å². The van der Waals surface area contributed by atoms with Crippen LogP contribution in [0, 0.1) is 6.92 Å². The van der Waals surface area contributed by atoms with Crippen molar-refractivity contribution in [1.29, 1.82) is 0 Å². The molecule has 0 unspecified atom stereocenters. The molecule has 11 heteroatoms. The van der Waals surface area contributed by atoms with Gasteiger partial charge in [0.05, 0.1) is 5.88 Å². The first-order chi connectivity index (χ1) is 10.1. The minimum atomic E-state index is -1.61. The molecule has 0 aliphatic rings. The van der Waals surface area contributed by atoms with Crippen LogP contribution >= 0.6 is 81.2 Å². The zero-order valence-corrected chi connectivity index (χ0v) is 16.2. The van der Waals surface area contributed by atoms with Crippen LogP contribution in [0.2, 0.25) is 10.3 Å². The van der Waals surface area contributed by atoms with Gasteiger partial charge in [0, 0.05) is 12.4 Å². The molecule has 0 saturated carbocycles. The summed E-state index contributed by atoms with van der Waals surface area (Å²) in [6.45, 7) is 1.80. The maximum absolute atomic E-state index is 5.51. The van der Waals surface area contributed by atoms with Crippen molar-refractivity contribution in [2.75, 3.05) is 0 Å². The first-order valence-corrected chi connectivity index (χ1v) is 8.16. The lowest BCUT2D eigenvalue weighted by molar-refractivity contribution is 1.03. The van der Waals surface area contributed by atoms with E-state index in [1.165, 1.54) is 0 Å². The Morgan fingerprint density at radius 3 is 1.64 bits per heavy atom. The molecule has 2 rings (SSSR count). The Morgan fingerprint density at radius 1 is 0.909 bits per heavy atom. The fraction of sp³-hybridized carbons (Fsp3) is 0.273. The minimum Gasteiger partial charge on any atom is -0.242 e. The fourth-order valence-electron chi connectivity index (χ4n) is 0.866. The van der Waals surface area contributed by atoms with Crippen LogP contribution in [-0.4, -0.2) is 23.2 Å². The van der Waals surface area contributed by atoms with Crippen LogP contribution in [0.15, 0.2) is 24.5 Å². The number of rotatable bonds is 1. The molecule has 0 amide bonds. The Bertz CT molecular complexity index is 539. The highest BCUT2D eigenvalue weighted by Gasteiger charge is 2.11. The van der Waals surface area contributed by atoms with Crippen molar-refractivity contribution < 1.29 is 0 Å². The molecule has 2 aromatic heterocycles. The summed E-state index contributed by atoms with van der Waals surface area (Å²) in [4.78, 5) is 15.3. The Kier molecular flexibility index (Phi) is 11.8. The van der Waals surface area contributed by atoms with Crippen molar-refractivity contribution in [3.8, 4) is 0 Å². The maximum Gasteiger partial charge on any atom is 0.266 e. The summed E-state index contributed by atoms with van der Waals surface area (Å²) in [5, 5.41) is 0.929. The van der Waals surface area contributed by atoms with E-state index >= 15 is 0 Å². The Balaban J connectivity index is 0.000000315. The molecular weight excluding hydrogens is 436 g/mol. The molecule has 0 fully saturated rings. The normalized spacial score (nSPS) is 10.0. The lowest BCUT2D eigenvalue weighted by Gasteiger charge is -1.91. The van der Waals surface area contributed by atoms with Crippen LogP contribution in [0.1, 0.15) is 11.6 Å². The largest absolute Gasteiger partial charge is 0.266 e. The Labute approximate surface area is 163 Å². The Hall–Kier alpha value is 0.190.